The van der Waals surface area contributed by atoms with Crippen LogP contribution in [0.4, 0.5) is 0 Å². The van der Waals surface area contributed by atoms with Gasteiger partial charge in [0.05, 0.1) is 6.61 Å². The van der Waals surface area contributed by atoms with Crippen LogP contribution in [0, 0.1) is 11.8 Å². The number of ether oxygens (including phenoxy) is 1. The van der Waals surface area contributed by atoms with Crippen LogP contribution >= 0.6 is 0 Å². The van der Waals surface area contributed by atoms with E-state index >= 15 is 0 Å². The van der Waals surface area contributed by atoms with Crippen molar-refractivity contribution in [3.63, 3.8) is 0 Å². The predicted octanol–water partition coefficient (Wildman–Crippen LogP) is 3.59. The third kappa shape index (κ3) is 3.99. The Morgan fingerprint density at radius 3 is 2.95 bits per heavy atom. The summed E-state index contributed by atoms with van der Waals surface area (Å²) in [6, 6.07) is 7.56. The molecule has 1 aromatic rings. The van der Waals surface area contributed by atoms with Crippen molar-refractivity contribution in [3.05, 3.63) is 29.8 Å². The highest BCUT2D eigenvalue weighted by molar-refractivity contribution is 5.94. The van der Waals surface area contributed by atoms with Crippen molar-refractivity contribution < 1.29 is 9.53 Å². The molecular formula is C17H25NO2. The molecule has 0 N–H and O–H groups in total. The second-order valence-corrected chi connectivity index (χ2v) is 6.23. The summed E-state index contributed by atoms with van der Waals surface area (Å²) in [5, 5.41) is 0. The van der Waals surface area contributed by atoms with Crippen LogP contribution in [-0.4, -0.2) is 30.5 Å². The molecule has 1 unspecified atom stereocenters. The van der Waals surface area contributed by atoms with Crippen LogP contribution in [0.1, 0.15) is 44.0 Å². The van der Waals surface area contributed by atoms with Crippen molar-refractivity contribution in [2.24, 2.45) is 11.8 Å². The number of amides is 1. The van der Waals surface area contributed by atoms with Gasteiger partial charge in [0.2, 0.25) is 0 Å². The predicted molar refractivity (Wildman–Crippen MR) is 81.1 cm³/mol. The summed E-state index contributed by atoms with van der Waals surface area (Å²) in [6.07, 6.45) is 2.33. The van der Waals surface area contributed by atoms with Gasteiger partial charge in [-0.25, -0.2) is 0 Å². The van der Waals surface area contributed by atoms with Gasteiger partial charge in [0.15, 0.2) is 0 Å². The molecule has 1 fully saturated rings. The quantitative estimate of drug-likeness (QED) is 0.840. The third-order valence-electron chi connectivity index (χ3n) is 3.61. The average Bonchev–Trinajstić information content (AvgIpc) is 2.44. The van der Waals surface area contributed by atoms with Gasteiger partial charge in [-0.05, 0) is 42.9 Å². The lowest BCUT2D eigenvalue weighted by Gasteiger charge is -2.31. The molecule has 0 bridgehead atoms. The van der Waals surface area contributed by atoms with E-state index in [1.807, 2.05) is 29.2 Å². The molecule has 0 saturated carbocycles. The summed E-state index contributed by atoms with van der Waals surface area (Å²) in [5.74, 6) is 2.01. The van der Waals surface area contributed by atoms with E-state index in [-0.39, 0.29) is 5.91 Å². The number of likely N-dealkylation sites (tertiary alicyclic amines) is 1. The SMILES string of the molecule is CC(C)COc1cccc(C(=O)N2CCCC(C)C2)c1. The molecule has 20 heavy (non-hydrogen) atoms. The first-order chi connectivity index (χ1) is 9.56. The lowest BCUT2D eigenvalue weighted by molar-refractivity contribution is 0.0682. The fraction of sp³-hybridized carbons (Fsp3) is 0.588. The fourth-order valence-electron chi connectivity index (χ4n) is 2.54. The van der Waals surface area contributed by atoms with Crippen LogP contribution in [0.15, 0.2) is 24.3 Å². The maximum Gasteiger partial charge on any atom is 0.253 e. The van der Waals surface area contributed by atoms with Crippen LogP contribution < -0.4 is 4.74 Å². The van der Waals surface area contributed by atoms with E-state index < -0.39 is 0 Å². The molecule has 1 saturated heterocycles. The van der Waals surface area contributed by atoms with E-state index in [2.05, 4.69) is 20.8 Å². The van der Waals surface area contributed by atoms with Crippen molar-refractivity contribution in [2.75, 3.05) is 19.7 Å². The van der Waals surface area contributed by atoms with E-state index in [4.69, 9.17) is 4.74 Å². The maximum atomic E-state index is 12.5. The number of piperidine rings is 1. The van der Waals surface area contributed by atoms with Gasteiger partial charge in [0.1, 0.15) is 5.75 Å². The summed E-state index contributed by atoms with van der Waals surface area (Å²) in [5.41, 5.74) is 0.736. The van der Waals surface area contributed by atoms with Crippen molar-refractivity contribution in [1.82, 2.24) is 4.90 Å². The lowest BCUT2D eigenvalue weighted by Crippen LogP contribution is -2.39. The van der Waals surface area contributed by atoms with Gasteiger partial charge in [-0.3, -0.25) is 4.79 Å². The molecule has 1 heterocycles. The Balaban J connectivity index is 2.04. The van der Waals surface area contributed by atoms with E-state index in [0.29, 0.717) is 18.4 Å². The van der Waals surface area contributed by atoms with Crippen LogP contribution in [0.3, 0.4) is 0 Å². The fourth-order valence-corrected chi connectivity index (χ4v) is 2.54. The molecule has 1 aliphatic heterocycles. The maximum absolute atomic E-state index is 12.5. The molecule has 1 atom stereocenters. The van der Waals surface area contributed by atoms with Crippen LogP contribution in [-0.2, 0) is 0 Å². The topological polar surface area (TPSA) is 29.5 Å². The number of carbonyl (C=O) groups excluding carboxylic acids is 1. The van der Waals surface area contributed by atoms with Crippen molar-refractivity contribution in [2.45, 2.75) is 33.6 Å². The van der Waals surface area contributed by atoms with Gasteiger partial charge >= 0.3 is 0 Å². The summed E-state index contributed by atoms with van der Waals surface area (Å²) in [7, 11) is 0. The summed E-state index contributed by atoms with van der Waals surface area (Å²) < 4.78 is 5.70. The first-order valence-corrected chi connectivity index (χ1v) is 7.58. The summed E-state index contributed by atoms with van der Waals surface area (Å²) in [4.78, 5) is 14.5. The smallest absolute Gasteiger partial charge is 0.253 e. The number of nitrogens with zero attached hydrogens (tertiary/aromatic N) is 1. The summed E-state index contributed by atoms with van der Waals surface area (Å²) in [6.45, 7) is 8.87. The largest absolute Gasteiger partial charge is 0.493 e. The molecule has 110 valence electrons. The highest BCUT2D eigenvalue weighted by atomic mass is 16.5. The highest BCUT2D eigenvalue weighted by Gasteiger charge is 2.22. The van der Waals surface area contributed by atoms with E-state index in [1.165, 1.54) is 6.42 Å². The Kier molecular flexibility index (Phi) is 5.05. The number of hydrogen-bond acceptors (Lipinski definition) is 2. The Labute approximate surface area is 121 Å². The minimum atomic E-state index is 0.131. The Hall–Kier alpha value is -1.51. The molecule has 2 rings (SSSR count). The molecule has 0 aromatic heterocycles. The molecule has 1 aliphatic rings. The molecular weight excluding hydrogens is 250 g/mol. The van der Waals surface area contributed by atoms with E-state index in [9.17, 15) is 4.79 Å². The van der Waals surface area contributed by atoms with Gasteiger partial charge < -0.3 is 9.64 Å². The molecule has 3 nitrogen and oxygen atoms in total. The first kappa shape index (κ1) is 14.9. The van der Waals surface area contributed by atoms with Crippen LogP contribution in [0.25, 0.3) is 0 Å². The number of carbonyl (C=O) groups is 1. The minimum absolute atomic E-state index is 0.131. The van der Waals surface area contributed by atoms with Crippen molar-refractivity contribution in [1.29, 1.82) is 0 Å². The van der Waals surface area contributed by atoms with Crippen molar-refractivity contribution in [3.8, 4) is 5.75 Å². The number of hydrogen-bond donors (Lipinski definition) is 0. The van der Waals surface area contributed by atoms with Crippen LogP contribution in [0.2, 0.25) is 0 Å². The van der Waals surface area contributed by atoms with Gasteiger partial charge in [-0.2, -0.15) is 0 Å². The van der Waals surface area contributed by atoms with Gasteiger partial charge in [0, 0.05) is 18.7 Å². The highest BCUT2D eigenvalue weighted by Crippen LogP contribution is 2.20. The van der Waals surface area contributed by atoms with Crippen LogP contribution in [0.5, 0.6) is 5.75 Å². The van der Waals surface area contributed by atoms with Gasteiger partial charge in [0.25, 0.3) is 5.91 Å². The molecule has 0 radical (unpaired) electrons. The van der Waals surface area contributed by atoms with Gasteiger partial charge in [-0.15, -0.1) is 0 Å². The minimum Gasteiger partial charge on any atom is -0.493 e. The van der Waals surface area contributed by atoms with Crippen molar-refractivity contribution >= 4 is 5.91 Å². The van der Waals surface area contributed by atoms with Gasteiger partial charge in [-0.1, -0.05) is 26.8 Å². The second kappa shape index (κ2) is 6.78. The zero-order valence-corrected chi connectivity index (χ0v) is 12.8. The summed E-state index contributed by atoms with van der Waals surface area (Å²) >= 11 is 0. The second-order valence-electron chi connectivity index (χ2n) is 6.23. The Morgan fingerprint density at radius 1 is 1.45 bits per heavy atom. The zero-order chi connectivity index (χ0) is 14.5. The normalized spacial score (nSPS) is 19.2. The molecule has 1 amide bonds. The Bertz CT molecular complexity index is 456. The number of rotatable bonds is 4. The number of benzene rings is 1. The standard InChI is InChI=1S/C17H25NO2/c1-13(2)12-20-16-8-4-7-15(10-16)17(19)18-9-5-6-14(3)11-18/h4,7-8,10,13-14H,5-6,9,11-12H2,1-3H3. The molecule has 1 aromatic carbocycles. The van der Waals surface area contributed by atoms with E-state index in [1.54, 1.807) is 0 Å². The third-order valence-corrected chi connectivity index (χ3v) is 3.61. The molecule has 0 aliphatic carbocycles. The zero-order valence-electron chi connectivity index (χ0n) is 12.8. The van der Waals surface area contributed by atoms with E-state index in [0.717, 1.165) is 30.8 Å². The Morgan fingerprint density at radius 2 is 2.25 bits per heavy atom. The molecule has 0 spiro atoms. The average molecular weight is 275 g/mol. The monoisotopic (exact) mass is 275 g/mol. The lowest BCUT2D eigenvalue weighted by atomic mass is 9.99. The molecule has 3 heteroatoms. The first-order valence-electron chi connectivity index (χ1n) is 7.58.